The summed E-state index contributed by atoms with van der Waals surface area (Å²) in [5.41, 5.74) is 2.06. The predicted octanol–water partition coefficient (Wildman–Crippen LogP) is 5.22. The Morgan fingerprint density at radius 1 is 1.20 bits per heavy atom. The summed E-state index contributed by atoms with van der Waals surface area (Å²) >= 11 is 11.5. The highest BCUT2D eigenvalue weighted by molar-refractivity contribution is 7.81. The first-order valence-electron chi connectivity index (χ1n) is 10.7. The van der Waals surface area contributed by atoms with Crippen molar-refractivity contribution in [3.8, 4) is 6.07 Å². The van der Waals surface area contributed by atoms with Crippen molar-refractivity contribution in [2.45, 2.75) is 19.8 Å². The highest BCUT2D eigenvalue weighted by Crippen LogP contribution is 2.27. The number of aryl methyl sites for hydroxylation is 1. The molecule has 0 aliphatic carbocycles. The van der Waals surface area contributed by atoms with Crippen LogP contribution in [0.5, 0.6) is 0 Å². The molecule has 7 nitrogen and oxygen atoms in total. The maximum atomic E-state index is 15.0. The lowest BCUT2D eigenvalue weighted by Crippen LogP contribution is -2.44. The van der Waals surface area contributed by atoms with Crippen molar-refractivity contribution in [1.82, 2.24) is 4.98 Å². The fourth-order valence-corrected chi connectivity index (χ4v) is 4.23. The van der Waals surface area contributed by atoms with Gasteiger partial charge in [0, 0.05) is 29.4 Å². The molecule has 1 aliphatic rings. The Morgan fingerprint density at radius 2 is 1.94 bits per heavy atom. The van der Waals surface area contributed by atoms with E-state index in [2.05, 4.69) is 10.3 Å². The van der Waals surface area contributed by atoms with E-state index in [4.69, 9.17) is 29.1 Å². The summed E-state index contributed by atoms with van der Waals surface area (Å²) in [6.07, 6.45) is 2.16. The zero-order chi connectivity index (χ0) is 25.1. The molecule has 3 aromatic rings. The number of hydrogen-bond acceptors (Lipinski definition) is 5. The van der Waals surface area contributed by atoms with E-state index in [0.29, 0.717) is 40.6 Å². The maximum absolute atomic E-state index is 15.0. The van der Waals surface area contributed by atoms with Crippen LogP contribution in [0.2, 0.25) is 5.02 Å². The number of thiocarbonyl (C=S) groups is 1. The lowest BCUT2D eigenvalue weighted by Gasteiger charge is -2.29. The van der Waals surface area contributed by atoms with Gasteiger partial charge >= 0.3 is 0 Å². The molecule has 2 heterocycles. The van der Waals surface area contributed by atoms with Crippen LogP contribution in [-0.2, 0) is 4.79 Å². The third-order valence-corrected chi connectivity index (χ3v) is 6.14. The Labute approximate surface area is 211 Å². The third-order valence-electron chi connectivity index (χ3n) is 5.48. The Bertz CT molecular complexity index is 1370. The highest BCUT2D eigenvalue weighted by atomic mass is 35.5. The number of anilines is 3. The van der Waals surface area contributed by atoms with Gasteiger partial charge in [-0.3, -0.25) is 14.5 Å². The molecule has 0 atom stereocenters. The third kappa shape index (κ3) is 5.14. The van der Waals surface area contributed by atoms with Crippen LogP contribution >= 0.6 is 23.8 Å². The van der Waals surface area contributed by atoms with Gasteiger partial charge in [0.05, 0.1) is 17.4 Å². The van der Waals surface area contributed by atoms with E-state index in [9.17, 15) is 9.59 Å². The van der Waals surface area contributed by atoms with E-state index in [1.807, 2.05) is 6.07 Å². The fraction of sp³-hybridized carbons (Fsp3) is 0.160. The smallest absolute Gasteiger partial charge is 0.258 e. The van der Waals surface area contributed by atoms with Crippen LogP contribution in [0.4, 0.5) is 21.5 Å². The van der Waals surface area contributed by atoms with E-state index < -0.39 is 11.7 Å². The van der Waals surface area contributed by atoms with Gasteiger partial charge in [0.15, 0.2) is 5.11 Å². The quantitative estimate of drug-likeness (QED) is 0.487. The molecule has 1 aliphatic heterocycles. The molecule has 4 rings (SSSR count). The largest absolute Gasteiger partial charge is 0.322 e. The molecule has 0 saturated carbocycles. The normalized spacial score (nSPS) is 13.9. The number of nitriles is 1. The molecule has 0 bridgehead atoms. The highest BCUT2D eigenvalue weighted by Gasteiger charge is 2.30. The van der Waals surface area contributed by atoms with Crippen LogP contribution < -0.4 is 15.1 Å². The minimum atomic E-state index is -0.727. The van der Waals surface area contributed by atoms with Crippen LogP contribution in [0.15, 0.2) is 54.7 Å². The summed E-state index contributed by atoms with van der Waals surface area (Å²) in [5, 5.41) is 12.5. The lowest BCUT2D eigenvalue weighted by atomic mass is 10.1. The van der Waals surface area contributed by atoms with Gasteiger partial charge < -0.3 is 10.2 Å². The second-order valence-corrected chi connectivity index (χ2v) is 8.66. The van der Waals surface area contributed by atoms with Crippen LogP contribution in [-0.4, -0.2) is 28.5 Å². The van der Waals surface area contributed by atoms with Crippen LogP contribution in [0.3, 0.4) is 0 Å². The zero-order valence-corrected chi connectivity index (χ0v) is 20.2. The van der Waals surface area contributed by atoms with Gasteiger partial charge in [0.1, 0.15) is 17.6 Å². The van der Waals surface area contributed by atoms with Gasteiger partial charge in [-0.2, -0.15) is 5.26 Å². The van der Waals surface area contributed by atoms with Crippen LogP contribution in [0.1, 0.15) is 34.5 Å². The second kappa shape index (κ2) is 10.2. The monoisotopic (exact) mass is 507 g/mol. The molecular weight excluding hydrogens is 489 g/mol. The summed E-state index contributed by atoms with van der Waals surface area (Å²) in [4.78, 5) is 32.6. The molecule has 35 heavy (non-hydrogen) atoms. The van der Waals surface area contributed by atoms with Crippen molar-refractivity contribution in [2.75, 3.05) is 21.7 Å². The summed E-state index contributed by atoms with van der Waals surface area (Å²) in [6.45, 7) is 2.11. The van der Waals surface area contributed by atoms with Gasteiger partial charge in [0.25, 0.3) is 5.91 Å². The van der Waals surface area contributed by atoms with Gasteiger partial charge in [0.2, 0.25) is 5.91 Å². The lowest BCUT2D eigenvalue weighted by molar-refractivity contribution is -0.117. The van der Waals surface area contributed by atoms with Crippen molar-refractivity contribution in [1.29, 1.82) is 5.26 Å². The first-order valence-corrected chi connectivity index (χ1v) is 11.4. The van der Waals surface area contributed by atoms with E-state index in [-0.39, 0.29) is 28.7 Å². The number of carbonyl (C=O) groups is 2. The SMILES string of the molecule is Cc1cc(N2C(=O)CCCN(c3ccc(C(=O)Nc4ccc(Cl)cc4)c(F)c3)C2=S)cnc1C#N. The van der Waals surface area contributed by atoms with Crippen molar-refractivity contribution >= 4 is 57.8 Å². The number of rotatable bonds is 4. The Kier molecular flexibility index (Phi) is 7.05. The molecule has 1 N–H and O–H groups in total. The maximum Gasteiger partial charge on any atom is 0.258 e. The first kappa shape index (κ1) is 24.3. The minimum Gasteiger partial charge on any atom is -0.322 e. The average molecular weight is 508 g/mol. The number of aromatic nitrogens is 1. The molecule has 2 amide bonds. The van der Waals surface area contributed by atoms with Crippen molar-refractivity contribution in [3.63, 3.8) is 0 Å². The Morgan fingerprint density at radius 3 is 2.60 bits per heavy atom. The second-order valence-electron chi connectivity index (χ2n) is 7.86. The first-order chi connectivity index (χ1) is 16.8. The molecule has 0 unspecified atom stereocenters. The molecule has 0 spiro atoms. The minimum absolute atomic E-state index is 0.135. The molecule has 2 aromatic carbocycles. The topological polar surface area (TPSA) is 89.3 Å². The van der Waals surface area contributed by atoms with Gasteiger partial charge in [-0.1, -0.05) is 11.6 Å². The molecule has 0 radical (unpaired) electrons. The van der Waals surface area contributed by atoms with E-state index in [1.54, 1.807) is 48.2 Å². The number of benzene rings is 2. The molecule has 10 heteroatoms. The number of pyridine rings is 1. The molecule has 1 fully saturated rings. The Balaban J connectivity index is 1.60. The zero-order valence-electron chi connectivity index (χ0n) is 18.6. The van der Waals surface area contributed by atoms with Crippen LogP contribution in [0.25, 0.3) is 0 Å². The number of halogens is 2. The number of amides is 2. The fourth-order valence-electron chi connectivity index (χ4n) is 3.70. The Hall–Kier alpha value is -3.87. The van der Waals surface area contributed by atoms with E-state index in [0.717, 1.165) is 0 Å². The van der Waals surface area contributed by atoms with Gasteiger partial charge in [-0.05, 0) is 79.7 Å². The van der Waals surface area contributed by atoms with E-state index in [1.165, 1.54) is 23.2 Å². The van der Waals surface area contributed by atoms with Crippen LogP contribution in [0, 0.1) is 24.1 Å². The number of nitrogens with zero attached hydrogens (tertiary/aromatic N) is 4. The number of carbonyl (C=O) groups excluding carboxylic acids is 2. The van der Waals surface area contributed by atoms with Gasteiger partial charge in [-0.15, -0.1) is 0 Å². The number of hydrogen-bond donors (Lipinski definition) is 1. The standard InChI is InChI=1S/C25H19ClFN5O2S/c1-15-11-19(14-29-22(15)13-28)32-23(33)3-2-10-31(25(32)35)18-8-9-20(21(27)12-18)24(34)30-17-6-4-16(26)5-7-17/h4-9,11-12,14H,2-3,10H2,1H3,(H,30,34). The van der Waals surface area contributed by atoms with E-state index >= 15 is 4.39 Å². The molecule has 176 valence electrons. The summed E-state index contributed by atoms with van der Waals surface area (Å²) in [5.74, 6) is -1.55. The number of nitrogens with one attached hydrogen (secondary N) is 1. The predicted molar refractivity (Wildman–Crippen MR) is 136 cm³/mol. The molecule has 1 saturated heterocycles. The van der Waals surface area contributed by atoms with Crippen molar-refractivity contribution < 1.29 is 14.0 Å². The summed E-state index contributed by atoms with van der Waals surface area (Å²) in [6, 6.07) is 14.3. The summed E-state index contributed by atoms with van der Waals surface area (Å²) < 4.78 is 15.0. The van der Waals surface area contributed by atoms with Gasteiger partial charge in [-0.25, -0.2) is 9.37 Å². The molecular formula is C25H19ClFN5O2S. The molecule has 1 aromatic heterocycles. The average Bonchev–Trinajstić information content (AvgIpc) is 2.97. The van der Waals surface area contributed by atoms with Crippen molar-refractivity contribution in [3.05, 3.63) is 82.4 Å². The van der Waals surface area contributed by atoms with Crippen molar-refractivity contribution in [2.24, 2.45) is 0 Å². The summed E-state index contributed by atoms with van der Waals surface area (Å²) in [7, 11) is 0.